The van der Waals surface area contributed by atoms with Crippen LogP contribution < -0.4 is 0 Å². The van der Waals surface area contributed by atoms with Gasteiger partial charge in [0.05, 0.1) is 5.33 Å². The molecule has 3 nitrogen and oxygen atoms in total. The average molecular weight is 298 g/mol. The van der Waals surface area contributed by atoms with E-state index in [9.17, 15) is 4.39 Å². The minimum absolute atomic E-state index is 0.256. The molecule has 0 aliphatic carbocycles. The quantitative estimate of drug-likeness (QED) is 0.810. The van der Waals surface area contributed by atoms with Crippen LogP contribution in [0.2, 0.25) is 0 Å². The van der Waals surface area contributed by atoms with Crippen molar-refractivity contribution < 1.29 is 4.39 Å². The molecule has 90 valence electrons. The molecule has 0 radical (unpaired) electrons. The maximum absolute atomic E-state index is 13.2. The molecule has 1 aromatic carbocycles. The molecule has 5 heteroatoms. The van der Waals surface area contributed by atoms with Crippen LogP contribution >= 0.6 is 15.9 Å². The smallest absolute Gasteiger partial charge is 0.164 e. The van der Waals surface area contributed by atoms with E-state index in [2.05, 4.69) is 33.1 Å². The Hall–Kier alpha value is -1.23. The Morgan fingerprint density at radius 2 is 2.18 bits per heavy atom. The van der Waals surface area contributed by atoms with Crippen LogP contribution in [-0.2, 0) is 11.9 Å². The Morgan fingerprint density at radius 3 is 2.82 bits per heavy atom. The van der Waals surface area contributed by atoms with Gasteiger partial charge in [0, 0.05) is 12.1 Å². The number of nitrogens with zero attached hydrogens (tertiary/aromatic N) is 3. The van der Waals surface area contributed by atoms with Crippen LogP contribution in [0.25, 0.3) is 11.4 Å². The molecule has 0 aliphatic rings. The van der Waals surface area contributed by atoms with Gasteiger partial charge in [-0.3, -0.25) is 0 Å². The zero-order valence-electron chi connectivity index (χ0n) is 9.53. The van der Waals surface area contributed by atoms with Crippen molar-refractivity contribution in [1.29, 1.82) is 0 Å². The van der Waals surface area contributed by atoms with Crippen molar-refractivity contribution in [2.75, 3.05) is 0 Å². The lowest BCUT2D eigenvalue weighted by Gasteiger charge is -2.07. The molecule has 1 aromatic heterocycles. The molecular formula is C12H13BrFN3. The van der Waals surface area contributed by atoms with Gasteiger partial charge in [0.2, 0.25) is 0 Å². The van der Waals surface area contributed by atoms with E-state index in [4.69, 9.17) is 0 Å². The van der Waals surface area contributed by atoms with Gasteiger partial charge < -0.3 is 4.57 Å². The molecule has 0 bridgehead atoms. The maximum Gasteiger partial charge on any atom is 0.164 e. The molecule has 0 saturated heterocycles. The standard InChI is InChI=1S/C12H13BrFN3/c1-2-6-17-11(8-13)15-16-12(17)9-4-3-5-10(14)7-9/h3-5,7H,2,6,8H2,1H3. The third-order valence-electron chi connectivity index (χ3n) is 2.48. The summed E-state index contributed by atoms with van der Waals surface area (Å²) in [5.41, 5.74) is 0.762. The Kier molecular flexibility index (Phi) is 3.89. The van der Waals surface area contributed by atoms with Crippen LogP contribution in [0, 0.1) is 5.82 Å². The van der Waals surface area contributed by atoms with Crippen molar-refractivity contribution in [3.05, 3.63) is 35.9 Å². The summed E-state index contributed by atoms with van der Waals surface area (Å²) in [6, 6.07) is 6.43. The summed E-state index contributed by atoms with van der Waals surface area (Å²) in [5.74, 6) is 1.33. The van der Waals surface area contributed by atoms with E-state index in [1.165, 1.54) is 12.1 Å². The molecule has 0 aliphatic heterocycles. The Bertz CT molecular complexity index is 510. The fraction of sp³-hybridized carbons (Fsp3) is 0.333. The highest BCUT2D eigenvalue weighted by Gasteiger charge is 2.12. The lowest BCUT2D eigenvalue weighted by atomic mass is 10.2. The van der Waals surface area contributed by atoms with Gasteiger partial charge in [-0.05, 0) is 18.6 Å². The van der Waals surface area contributed by atoms with Crippen LogP contribution in [0.3, 0.4) is 0 Å². The first-order valence-corrected chi connectivity index (χ1v) is 6.62. The summed E-state index contributed by atoms with van der Waals surface area (Å²) in [6.07, 6.45) is 0.986. The molecule has 0 unspecified atom stereocenters. The van der Waals surface area contributed by atoms with Crippen molar-refractivity contribution in [2.24, 2.45) is 0 Å². The van der Waals surface area contributed by atoms with Gasteiger partial charge in [-0.15, -0.1) is 10.2 Å². The van der Waals surface area contributed by atoms with E-state index in [1.807, 2.05) is 10.6 Å². The SMILES string of the molecule is CCCn1c(CBr)nnc1-c1cccc(F)c1. The van der Waals surface area contributed by atoms with E-state index < -0.39 is 0 Å². The number of rotatable bonds is 4. The van der Waals surface area contributed by atoms with Crippen LogP contribution in [0.1, 0.15) is 19.2 Å². The highest BCUT2D eigenvalue weighted by atomic mass is 79.9. The predicted octanol–water partition coefficient (Wildman–Crippen LogP) is 3.39. The molecular weight excluding hydrogens is 285 g/mol. The largest absolute Gasteiger partial charge is 0.310 e. The van der Waals surface area contributed by atoms with Crippen molar-refractivity contribution in [1.82, 2.24) is 14.8 Å². The fourth-order valence-electron chi connectivity index (χ4n) is 1.73. The van der Waals surface area contributed by atoms with Gasteiger partial charge in [-0.2, -0.15) is 0 Å². The summed E-state index contributed by atoms with van der Waals surface area (Å²) in [5, 5.41) is 8.88. The summed E-state index contributed by atoms with van der Waals surface area (Å²) in [4.78, 5) is 0. The molecule has 2 rings (SSSR count). The highest BCUT2D eigenvalue weighted by Crippen LogP contribution is 2.20. The fourth-order valence-corrected chi connectivity index (χ4v) is 2.15. The normalized spacial score (nSPS) is 10.8. The number of halogens is 2. The van der Waals surface area contributed by atoms with Gasteiger partial charge in [0.15, 0.2) is 5.82 Å². The van der Waals surface area contributed by atoms with Crippen LogP contribution in [0.5, 0.6) is 0 Å². The second kappa shape index (κ2) is 5.40. The maximum atomic E-state index is 13.2. The zero-order chi connectivity index (χ0) is 12.3. The monoisotopic (exact) mass is 297 g/mol. The lowest BCUT2D eigenvalue weighted by Crippen LogP contribution is -2.03. The molecule has 0 spiro atoms. The minimum Gasteiger partial charge on any atom is -0.310 e. The topological polar surface area (TPSA) is 30.7 Å². The van der Waals surface area contributed by atoms with Crippen LogP contribution in [0.4, 0.5) is 4.39 Å². The number of alkyl halides is 1. The third-order valence-corrected chi connectivity index (χ3v) is 2.98. The average Bonchev–Trinajstić information content (AvgIpc) is 2.72. The Balaban J connectivity index is 2.47. The summed E-state index contributed by atoms with van der Waals surface area (Å²) in [7, 11) is 0. The Labute approximate surface area is 108 Å². The van der Waals surface area contributed by atoms with Crippen LogP contribution in [0.15, 0.2) is 24.3 Å². The van der Waals surface area contributed by atoms with E-state index in [1.54, 1.807) is 6.07 Å². The van der Waals surface area contributed by atoms with Gasteiger partial charge in [-0.25, -0.2) is 4.39 Å². The van der Waals surface area contributed by atoms with Crippen LogP contribution in [-0.4, -0.2) is 14.8 Å². The second-order valence-corrected chi connectivity index (χ2v) is 4.30. The van der Waals surface area contributed by atoms with Gasteiger partial charge in [-0.1, -0.05) is 35.0 Å². The molecule has 0 atom stereocenters. The molecule has 0 N–H and O–H groups in total. The van der Waals surface area contributed by atoms with Crippen molar-refractivity contribution in [2.45, 2.75) is 25.2 Å². The molecule has 0 fully saturated rings. The van der Waals surface area contributed by atoms with Gasteiger partial charge >= 0.3 is 0 Å². The first-order valence-electron chi connectivity index (χ1n) is 5.50. The lowest BCUT2D eigenvalue weighted by molar-refractivity contribution is 0.627. The first-order chi connectivity index (χ1) is 8.26. The molecule has 1 heterocycles. The zero-order valence-corrected chi connectivity index (χ0v) is 11.1. The van der Waals surface area contributed by atoms with E-state index >= 15 is 0 Å². The molecule has 0 amide bonds. The second-order valence-electron chi connectivity index (χ2n) is 3.74. The molecule has 17 heavy (non-hydrogen) atoms. The number of hydrogen-bond acceptors (Lipinski definition) is 2. The van der Waals surface area contributed by atoms with Gasteiger partial charge in [0.1, 0.15) is 11.6 Å². The molecule has 0 saturated carbocycles. The number of aromatic nitrogens is 3. The number of hydrogen-bond donors (Lipinski definition) is 0. The van der Waals surface area contributed by atoms with E-state index in [-0.39, 0.29) is 5.82 Å². The first kappa shape index (κ1) is 12.2. The predicted molar refractivity (Wildman–Crippen MR) is 68.3 cm³/mol. The summed E-state index contributed by atoms with van der Waals surface area (Å²) in [6.45, 7) is 2.92. The molecule has 2 aromatic rings. The summed E-state index contributed by atoms with van der Waals surface area (Å²) >= 11 is 3.38. The van der Waals surface area contributed by atoms with Crippen molar-refractivity contribution >= 4 is 15.9 Å². The van der Waals surface area contributed by atoms with E-state index in [0.29, 0.717) is 5.33 Å². The highest BCUT2D eigenvalue weighted by molar-refractivity contribution is 9.08. The minimum atomic E-state index is -0.256. The van der Waals surface area contributed by atoms with E-state index in [0.717, 1.165) is 30.2 Å². The van der Waals surface area contributed by atoms with Crippen molar-refractivity contribution in [3.63, 3.8) is 0 Å². The summed E-state index contributed by atoms with van der Waals surface area (Å²) < 4.78 is 15.2. The Morgan fingerprint density at radius 1 is 1.35 bits per heavy atom. The van der Waals surface area contributed by atoms with Crippen molar-refractivity contribution in [3.8, 4) is 11.4 Å². The number of benzene rings is 1. The van der Waals surface area contributed by atoms with Gasteiger partial charge in [0.25, 0.3) is 0 Å². The third kappa shape index (κ3) is 2.54.